The van der Waals surface area contributed by atoms with Gasteiger partial charge >= 0.3 is 17.9 Å². The van der Waals surface area contributed by atoms with Crippen LogP contribution < -0.4 is 4.74 Å². The average molecular weight is 987 g/mol. The molecule has 4 aliphatic carbocycles. The van der Waals surface area contributed by atoms with Crippen LogP contribution in [-0.4, -0.2) is 137 Å². The number of aliphatic hydroxyl groups is 5. The molecular weight excluding hydrogens is 905 g/mol. The van der Waals surface area contributed by atoms with Crippen LogP contribution in [0.1, 0.15) is 154 Å². The first kappa shape index (κ1) is 54.6. The van der Waals surface area contributed by atoms with E-state index in [0.717, 1.165) is 51.4 Å². The summed E-state index contributed by atoms with van der Waals surface area (Å²) in [5.41, 5.74) is -0.954. The third-order valence-electron chi connectivity index (χ3n) is 17.4. The van der Waals surface area contributed by atoms with Gasteiger partial charge in [0.25, 0.3) is 0 Å². The maximum absolute atomic E-state index is 13.6. The summed E-state index contributed by atoms with van der Waals surface area (Å²) in [6.07, 6.45) is 4.44. The number of hydrogen-bond donors (Lipinski definition) is 5. The molecule has 0 aromatic heterocycles. The molecule has 1 aromatic rings. The lowest BCUT2D eigenvalue weighted by Crippen LogP contribution is -2.64. The molecule has 5 fully saturated rings. The lowest BCUT2D eigenvalue weighted by molar-refractivity contribution is -0.345. The zero-order chi connectivity index (χ0) is 50.4. The van der Waals surface area contributed by atoms with E-state index in [9.17, 15) is 39.9 Å². The SMILES string of the molecule is CCCCCCCCCCCC(=O)OC[C@@H](C)[C@@]1(O)[C@@H](O[C@@H]2OC[C@H](O)[C@H](O[C@@H]3OC[C@@H](O)[C@H](O)[C@H]3OC(=O)c3ccc(OC)cc3)[C@H]2OC(C)=O)C[C@H]2[C@@H]3CC=C4C[C@@H](O)CC[C@]4(C)[C@H]3CC[C@@]21C. The molecule has 2 aliphatic heterocycles. The van der Waals surface area contributed by atoms with E-state index in [4.69, 9.17) is 37.9 Å². The fourth-order valence-electron chi connectivity index (χ4n) is 13.3. The zero-order valence-corrected chi connectivity index (χ0v) is 42.3. The van der Waals surface area contributed by atoms with Crippen LogP contribution in [0.2, 0.25) is 0 Å². The molecule has 0 bridgehead atoms. The van der Waals surface area contributed by atoms with Crippen LogP contribution in [0.15, 0.2) is 35.9 Å². The second-order valence-electron chi connectivity index (χ2n) is 21.8. The van der Waals surface area contributed by atoms with E-state index in [1.807, 2.05) is 6.92 Å². The number of esters is 3. The van der Waals surface area contributed by atoms with Crippen LogP contribution in [0.4, 0.5) is 0 Å². The Bertz CT molecular complexity index is 1930. The number of allylic oxidation sites excluding steroid dienone is 1. The van der Waals surface area contributed by atoms with Crippen molar-refractivity contribution in [1.29, 1.82) is 0 Å². The quantitative estimate of drug-likeness (QED) is 0.0384. The van der Waals surface area contributed by atoms with E-state index in [2.05, 4.69) is 26.8 Å². The van der Waals surface area contributed by atoms with Crippen molar-refractivity contribution in [3.63, 3.8) is 0 Å². The summed E-state index contributed by atoms with van der Waals surface area (Å²) in [7, 11) is 1.48. The van der Waals surface area contributed by atoms with Gasteiger partial charge in [0.2, 0.25) is 0 Å². The maximum atomic E-state index is 13.6. The monoisotopic (exact) mass is 987 g/mol. The van der Waals surface area contributed by atoms with Crippen LogP contribution in [0.25, 0.3) is 0 Å². The van der Waals surface area contributed by atoms with Crippen LogP contribution >= 0.6 is 0 Å². The molecule has 70 heavy (non-hydrogen) atoms. The van der Waals surface area contributed by atoms with Crippen molar-refractivity contribution in [2.45, 2.75) is 211 Å². The molecule has 6 aliphatic rings. The average Bonchev–Trinajstić information content (AvgIpc) is 3.57. The molecule has 2 heterocycles. The number of hydrogen-bond acceptors (Lipinski definition) is 16. The first-order valence-corrected chi connectivity index (χ1v) is 26.3. The third-order valence-corrected chi connectivity index (χ3v) is 17.4. The van der Waals surface area contributed by atoms with Crippen LogP contribution in [-0.2, 0) is 42.7 Å². The molecule has 5 N–H and O–H groups in total. The van der Waals surface area contributed by atoms with Gasteiger partial charge in [-0.2, -0.15) is 0 Å². The normalized spacial score (nSPS) is 38.6. The topological polar surface area (TPSA) is 226 Å². The van der Waals surface area contributed by atoms with Crippen molar-refractivity contribution < 1.29 is 77.8 Å². The van der Waals surface area contributed by atoms with Gasteiger partial charge in [0.05, 0.1) is 44.7 Å². The second-order valence-corrected chi connectivity index (χ2v) is 21.8. The minimum absolute atomic E-state index is 0.0408. The van der Waals surface area contributed by atoms with Crippen molar-refractivity contribution in [2.75, 3.05) is 26.9 Å². The Labute approximate surface area is 414 Å². The summed E-state index contributed by atoms with van der Waals surface area (Å²) >= 11 is 0. The molecule has 2 saturated heterocycles. The van der Waals surface area contributed by atoms with Gasteiger partial charge in [-0.15, -0.1) is 0 Å². The number of unbranched alkanes of at least 4 members (excludes halogenated alkanes) is 8. The fourth-order valence-corrected chi connectivity index (χ4v) is 13.3. The number of carbonyl (C=O) groups excluding carboxylic acids is 3. The van der Waals surface area contributed by atoms with Gasteiger partial charge in [-0.05, 0) is 98.8 Å². The molecule has 0 radical (unpaired) electrons. The second kappa shape index (κ2) is 23.8. The maximum Gasteiger partial charge on any atom is 0.338 e. The lowest BCUT2D eigenvalue weighted by Gasteiger charge is -2.59. The molecule has 1 aromatic carbocycles. The molecule has 16 nitrogen and oxygen atoms in total. The molecule has 394 valence electrons. The van der Waals surface area contributed by atoms with Crippen LogP contribution in [0, 0.1) is 34.5 Å². The van der Waals surface area contributed by atoms with Gasteiger partial charge in [-0.1, -0.05) is 90.7 Å². The Balaban J connectivity index is 1.11. The van der Waals surface area contributed by atoms with Gasteiger partial charge in [0, 0.05) is 24.7 Å². The van der Waals surface area contributed by atoms with E-state index in [1.54, 1.807) is 12.1 Å². The number of fused-ring (bicyclic) bond motifs is 5. The predicted octanol–water partition coefficient (Wildman–Crippen LogP) is 6.48. The minimum atomic E-state index is -1.66. The van der Waals surface area contributed by atoms with E-state index in [0.29, 0.717) is 37.4 Å². The molecule has 0 spiro atoms. The van der Waals surface area contributed by atoms with Crippen molar-refractivity contribution >= 4 is 17.9 Å². The summed E-state index contributed by atoms with van der Waals surface area (Å²) < 4.78 is 47.9. The molecule has 3 saturated carbocycles. The van der Waals surface area contributed by atoms with Crippen molar-refractivity contribution in [3.05, 3.63) is 41.5 Å². The van der Waals surface area contributed by atoms with Gasteiger partial charge in [0.15, 0.2) is 24.8 Å². The standard InChI is InChI=1S/C54H82O16/c1-7-8-9-10-11-12-13-14-15-16-44(59)64-29-32(2)54(62)43(28-40-38-22-19-35-27-36(56)23-25-52(35,4)39(38)24-26-53(40,54)5)68-51-48(67-33(3)55)46(42(58)31-66-51)70-50-47(45(60)41(57)30-65-50)69-49(61)34-17-20-37(63-6)21-18-34/h17-21,32,36,38-43,45-48,50-51,56-58,60,62H,7-16,22-31H2,1-6H3/t32-,36+,38-,39+,40+,41-,42+,43+,45+,46+,47-,48-,50+,51+,52+,53+,54-/m1/s1. The number of rotatable bonds is 21. The lowest BCUT2D eigenvalue weighted by atomic mass is 9.46. The summed E-state index contributed by atoms with van der Waals surface area (Å²) in [6, 6.07) is 6.07. The number of ether oxygens (including phenoxy) is 8. The Morgan fingerprint density at radius 1 is 0.800 bits per heavy atom. The van der Waals surface area contributed by atoms with Crippen molar-refractivity contribution in [2.24, 2.45) is 34.5 Å². The highest BCUT2D eigenvalue weighted by Gasteiger charge is 2.70. The van der Waals surface area contributed by atoms with Crippen LogP contribution in [0.3, 0.4) is 0 Å². The molecule has 7 rings (SSSR count). The zero-order valence-electron chi connectivity index (χ0n) is 42.3. The van der Waals surface area contributed by atoms with Gasteiger partial charge < -0.3 is 63.4 Å². The van der Waals surface area contributed by atoms with Crippen molar-refractivity contribution in [3.8, 4) is 5.75 Å². The van der Waals surface area contributed by atoms with Crippen LogP contribution in [0.5, 0.6) is 5.75 Å². The first-order valence-electron chi connectivity index (χ1n) is 26.3. The van der Waals surface area contributed by atoms with Gasteiger partial charge in [0.1, 0.15) is 35.8 Å². The number of benzene rings is 1. The largest absolute Gasteiger partial charge is 0.497 e. The highest BCUT2D eigenvalue weighted by Crippen LogP contribution is 2.69. The predicted molar refractivity (Wildman–Crippen MR) is 255 cm³/mol. The number of carbonyl (C=O) groups is 3. The first-order chi connectivity index (χ1) is 33.4. The highest BCUT2D eigenvalue weighted by atomic mass is 16.8. The minimum Gasteiger partial charge on any atom is -0.497 e. The summed E-state index contributed by atoms with van der Waals surface area (Å²) in [5, 5.41) is 57.5. The van der Waals surface area contributed by atoms with Gasteiger partial charge in [-0.3, -0.25) is 9.59 Å². The summed E-state index contributed by atoms with van der Waals surface area (Å²) in [5.74, 6) is -1.57. The van der Waals surface area contributed by atoms with E-state index >= 15 is 0 Å². The van der Waals surface area contributed by atoms with E-state index < -0.39 is 90.8 Å². The highest BCUT2D eigenvalue weighted by molar-refractivity contribution is 5.89. The number of aliphatic hydroxyl groups excluding tert-OH is 4. The Kier molecular flexibility index (Phi) is 18.5. The van der Waals surface area contributed by atoms with E-state index in [1.165, 1.54) is 63.8 Å². The molecule has 17 atom stereocenters. The van der Waals surface area contributed by atoms with Crippen molar-refractivity contribution in [1.82, 2.24) is 0 Å². The molecular formula is C54H82O16. The molecule has 0 unspecified atom stereocenters. The number of methoxy groups -OCH3 is 1. The van der Waals surface area contributed by atoms with E-state index in [-0.39, 0.29) is 48.1 Å². The Hall–Kier alpha value is -3.19. The third kappa shape index (κ3) is 11.6. The summed E-state index contributed by atoms with van der Waals surface area (Å²) in [4.78, 5) is 39.6. The van der Waals surface area contributed by atoms with Gasteiger partial charge in [-0.25, -0.2) is 4.79 Å². The fraction of sp³-hybridized carbons (Fsp3) is 0.796. The Morgan fingerprint density at radius 3 is 2.13 bits per heavy atom. The molecule has 16 heteroatoms. The smallest absolute Gasteiger partial charge is 0.338 e. The summed E-state index contributed by atoms with van der Waals surface area (Å²) in [6.45, 7) is 8.93. The molecule has 0 amide bonds. The Morgan fingerprint density at radius 2 is 1.46 bits per heavy atom.